The fourth-order valence-corrected chi connectivity index (χ4v) is 2.46. The molecule has 0 fully saturated rings. The van der Waals surface area contributed by atoms with Crippen molar-refractivity contribution in [2.75, 3.05) is 0 Å². The Kier molecular flexibility index (Phi) is 6.93. The van der Waals surface area contributed by atoms with Crippen LogP contribution in [0.4, 0.5) is 17.6 Å². The fraction of sp³-hybridized carbons (Fsp3) is 0.529. The Hall–Kier alpha value is -1.92. The third-order valence-corrected chi connectivity index (χ3v) is 3.82. The predicted octanol–water partition coefficient (Wildman–Crippen LogP) is 3.88. The largest absolute Gasteiger partial charge is 0.416 e. The van der Waals surface area contributed by atoms with Crippen molar-refractivity contribution in [3.63, 3.8) is 0 Å². The minimum absolute atomic E-state index is 0.0178. The molecular weight excluding hydrogens is 326 g/mol. The van der Waals surface area contributed by atoms with Gasteiger partial charge in [0.15, 0.2) is 0 Å². The van der Waals surface area contributed by atoms with Crippen molar-refractivity contribution in [1.82, 2.24) is 0 Å². The lowest BCUT2D eigenvalue weighted by Crippen LogP contribution is -2.29. The zero-order valence-corrected chi connectivity index (χ0v) is 13.6. The van der Waals surface area contributed by atoms with Crippen LogP contribution < -0.4 is 5.73 Å². The number of alkyl halides is 3. The van der Waals surface area contributed by atoms with Gasteiger partial charge in [0.05, 0.1) is 5.56 Å². The highest BCUT2D eigenvalue weighted by molar-refractivity contribution is 5.86. The van der Waals surface area contributed by atoms with Crippen LogP contribution >= 0.6 is 0 Å². The number of rotatable bonds is 8. The van der Waals surface area contributed by atoms with Gasteiger partial charge in [0.2, 0.25) is 5.91 Å². The second-order valence-corrected chi connectivity index (χ2v) is 6.20. The van der Waals surface area contributed by atoms with E-state index in [1.807, 2.05) is 0 Å². The van der Waals surface area contributed by atoms with Gasteiger partial charge in [-0.05, 0) is 42.5 Å². The maximum Gasteiger partial charge on any atom is 0.416 e. The van der Waals surface area contributed by atoms with E-state index in [1.165, 1.54) is 0 Å². The number of halogens is 4. The molecule has 0 saturated heterocycles. The highest BCUT2D eigenvalue weighted by Crippen LogP contribution is 2.30. The van der Waals surface area contributed by atoms with Crippen LogP contribution in [0.2, 0.25) is 0 Å². The molecule has 0 aliphatic heterocycles. The second kappa shape index (κ2) is 8.26. The van der Waals surface area contributed by atoms with E-state index in [1.54, 1.807) is 13.8 Å². The van der Waals surface area contributed by atoms with E-state index in [-0.39, 0.29) is 42.9 Å². The van der Waals surface area contributed by atoms with E-state index in [2.05, 4.69) is 0 Å². The van der Waals surface area contributed by atoms with E-state index in [9.17, 15) is 27.2 Å². The van der Waals surface area contributed by atoms with Gasteiger partial charge in [0.1, 0.15) is 11.6 Å². The molecular formula is C17H21F4NO2. The summed E-state index contributed by atoms with van der Waals surface area (Å²) in [5.41, 5.74) is 4.38. The average Bonchev–Trinajstić information content (AvgIpc) is 2.42. The number of ketones is 1. The molecule has 3 nitrogen and oxygen atoms in total. The number of primary amides is 1. The van der Waals surface area contributed by atoms with Crippen molar-refractivity contribution in [2.24, 2.45) is 17.6 Å². The van der Waals surface area contributed by atoms with Gasteiger partial charge in [-0.15, -0.1) is 0 Å². The van der Waals surface area contributed by atoms with Gasteiger partial charge in [-0.3, -0.25) is 9.59 Å². The van der Waals surface area contributed by atoms with E-state index in [0.29, 0.717) is 6.07 Å². The van der Waals surface area contributed by atoms with Crippen molar-refractivity contribution in [3.8, 4) is 0 Å². The van der Waals surface area contributed by atoms with Crippen molar-refractivity contribution in [2.45, 2.75) is 45.7 Å². The molecule has 7 heteroatoms. The van der Waals surface area contributed by atoms with Gasteiger partial charge in [-0.2, -0.15) is 13.2 Å². The third-order valence-electron chi connectivity index (χ3n) is 3.82. The van der Waals surface area contributed by atoms with Gasteiger partial charge in [-0.1, -0.05) is 13.8 Å². The summed E-state index contributed by atoms with van der Waals surface area (Å²) in [5.74, 6) is -2.30. The lowest BCUT2D eigenvalue weighted by atomic mass is 9.89. The Balaban J connectivity index is 2.60. The smallest absolute Gasteiger partial charge is 0.369 e. The quantitative estimate of drug-likeness (QED) is 0.726. The topological polar surface area (TPSA) is 60.2 Å². The van der Waals surface area contributed by atoms with Crippen molar-refractivity contribution < 1.29 is 27.2 Å². The van der Waals surface area contributed by atoms with Crippen molar-refractivity contribution >= 4 is 11.7 Å². The standard InChI is InChI=1S/C17H21F4NO2/c1-10(2)15(16(22)24)9-14(23)5-3-4-11-6-12(17(19,20)21)8-13(18)7-11/h6-8,10,15H,3-5,9H2,1-2H3,(H2,22,24). The SMILES string of the molecule is CC(C)C(CC(=O)CCCc1cc(F)cc(C(F)(F)F)c1)C(N)=O. The molecule has 0 aliphatic rings. The fourth-order valence-electron chi connectivity index (χ4n) is 2.46. The maximum absolute atomic E-state index is 13.3. The molecule has 2 N–H and O–H groups in total. The van der Waals surface area contributed by atoms with E-state index in [4.69, 9.17) is 5.73 Å². The Morgan fingerprint density at radius 2 is 1.79 bits per heavy atom. The summed E-state index contributed by atoms with van der Waals surface area (Å²) in [6, 6.07) is 2.35. The molecule has 1 aromatic carbocycles. The summed E-state index contributed by atoms with van der Waals surface area (Å²) in [6.07, 6.45) is -4.06. The van der Waals surface area contributed by atoms with Gasteiger partial charge in [0, 0.05) is 18.8 Å². The normalized spacial score (nSPS) is 13.1. The van der Waals surface area contributed by atoms with E-state index >= 15 is 0 Å². The maximum atomic E-state index is 13.3. The highest BCUT2D eigenvalue weighted by atomic mass is 19.4. The van der Waals surface area contributed by atoms with E-state index < -0.39 is 29.4 Å². The number of aryl methyl sites for hydroxylation is 1. The number of nitrogens with two attached hydrogens (primary N) is 1. The summed E-state index contributed by atoms with van der Waals surface area (Å²) in [5, 5.41) is 0. The first-order valence-electron chi connectivity index (χ1n) is 7.68. The molecule has 134 valence electrons. The molecule has 0 bridgehead atoms. The first-order valence-corrected chi connectivity index (χ1v) is 7.68. The molecule has 0 aromatic heterocycles. The number of Topliss-reactive ketones (excluding diaryl/α,β-unsaturated/α-hetero) is 1. The van der Waals surface area contributed by atoms with Crippen LogP contribution in [0.3, 0.4) is 0 Å². The van der Waals surface area contributed by atoms with Crippen LogP contribution in [0.5, 0.6) is 0 Å². The highest BCUT2D eigenvalue weighted by Gasteiger charge is 2.31. The van der Waals surface area contributed by atoms with Gasteiger partial charge < -0.3 is 5.73 Å². The van der Waals surface area contributed by atoms with Crippen LogP contribution in [-0.2, 0) is 22.2 Å². The molecule has 24 heavy (non-hydrogen) atoms. The molecule has 1 rings (SSSR count). The van der Waals surface area contributed by atoms with Crippen molar-refractivity contribution in [3.05, 3.63) is 35.1 Å². The molecule has 0 saturated carbocycles. The lowest BCUT2D eigenvalue weighted by molar-refractivity contribution is -0.137. The van der Waals surface area contributed by atoms with E-state index in [0.717, 1.165) is 12.1 Å². The van der Waals surface area contributed by atoms with Crippen LogP contribution in [0, 0.1) is 17.7 Å². The van der Waals surface area contributed by atoms with Gasteiger partial charge in [-0.25, -0.2) is 4.39 Å². The van der Waals surface area contributed by atoms with Crippen LogP contribution in [-0.4, -0.2) is 11.7 Å². The molecule has 0 spiro atoms. The zero-order valence-electron chi connectivity index (χ0n) is 13.6. The summed E-state index contributed by atoms with van der Waals surface area (Å²) < 4.78 is 51.2. The Labute approximate surface area is 138 Å². The number of benzene rings is 1. The van der Waals surface area contributed by atoms with Crippen molar-refractivity contribution in [1.29, 1.82) is 0 Å². The van der Waals surface area contributed by atoms with Gasteiger partial charge in [0.25, 0.3) is 0 Å². The lowest BCUT2D eigenvalue weighted by Gasteiger charge is -2.16. The Bertz CT molecular complexity index is 597. The molecule has 1 atom stereocenters. The molecule has 0 aliphatic carbocycles. The first-order chi connectivity index (χ1) is 11.0. The summed E-state index contributed by atoms with van der Waals surface area (Å²) in [4.78, 5) is 23.1. The van der Waals surface area contributed by atoms with Crippen LogP contribution in [0.25, 0.3) is 0 Å². The molecule has 1 aromatic rings. The number of carbonyl (C=O) groups excluding carboxylic acids is 2. The van der Waals surface area contributed by atoms with Crippen LogP contribution in [0.15, 0.2) is 18.2 Å². The Morgan fingerprint density at radius 1 is 1.17 bits per heavy atom. The molecule has 1 amide bonds. The molecule has 0 heterocycles. The average molecular weight is 347 g/mol. The molecule has 1 unspecified atom stereocenters. The second-order valence-electron chi connectivity index (χ2n) is 6.20. The summed E-state index contributed by atoms with van der Waals surface area (Å²) in [7, 11) is 0. The summed E-state index contributed by atoms with van der Waals surface area (Å²) in [6.45, 7) is 3.57. The third kappa shape index (κ3) is 6.29. The molecule has 0 radical (unpaired) electrons. The predicted molar refractivity (Wildman–Crippen MR) is 81.5 cm³/mol. The number of hydrogen-bond donors (Lipinski definition) is 1. The zero-order chi connectivity index (χ0) is 18.5. The minimum Gasteiger partial charge on any atom is -0.369 e. The van der Waals surface area contributed by atoms with Crippen LogP contribution in [0.1, 0.15) is 44.2 Å². The monoisotopic (exact) mass is 347 g/mol. The first kappa shape index (κ1) is 20.1. The Morgan fingerprint density at radius 3 is 2.29 bits per heavy atom. The number of carbonyl (C=O) groups is 2. The summed E-state index contributed by atoms with van der Waals surface area (Å²) >= 11 is 0. The minimum atomic E-state index is -4.61. The number of hydrogen-bond acceptors (Lipinski definition) is 2. The van der Waals surface area contributed by atoms with Gasteiger partial charge >= 0.3 is 6.18 Å². The number of amides is 1.